The van der Waals surface area contributed by atoms with E-state index in [1.807, 2.05) is 30.3 Å². The van der Waals surface area contributed by atoms with Gasteiger partial charge in [0.05, 0.1) is 12.6 Å². The van der Waals surface area contributed by atoms with E-state index >= 15 is 0 Å². The van der Waals surface area contributed by atoms with Crippen LogP contribution in [0.4, 0.5) is 10.5 Å². The predicted molar refractivity (Wildman–Crippen MR) is 187 cm³/mol. The summed E-state index contributed by atoms with van der Waals surface area (Å²) in [5, 5.41) is 16.2. The average molecular weight is 665 g/mol. The number of hydrogen-bond acceptors (Lipinski definition) is 7. The zero-order valence-electron chi connectivity index (χ0n) is 29.2. The van der Waals surface area contributed by atoms with Gasteiger partial charge in [-0.3, -0.25) is 15.0 Å². The summed E-state index contributed by atoms with van der Waals surface area (Å²) in [5.74, 6) is 3.33. The van der Waals surface area contributed by atoms with Crippen molar-refractivity contribution in [2.75, 3.05) is 12.4 Å². The highest BCUT2D eigenvalue weighted by atomic mass is 16.5. The van der Waals surface area contributed by atoms with Crippen LogP contribution < -0.4 is 25.5 Å². The summed E-state index contributed by atoms with van der Waals surface area (Å²) in [6, 6.07) is 12.9. The number of nitrogens with zero attached hydrogens (tertiary/aromatic N) is 1. The number of benzene rings is 2. The van der Waals surface area contributed by atoms with Crippen LogP contribution >= 0.6 is 0 Å². The number of ether oxygens (including phenoxy) is 2. The zero-order valence-corrected chi connectivity index (χ0v) is 29.2. The third-order valence-electron chi connectivity index (χ3n) is 7.21. The van der Waals surface area contributed by atoms with Gasteiger partial charge in [-0.25, -0.2) is 14.6 Å². The van der Waals surface area contributed by atoms with Gasteiger partial charge in [-0.1, -0.05) is 44.2 Å². The van der Waals surface area contributed by atoms with E-state index in [9.17, 15) is 24.3 Å². The first kappa shape index (κ1) is 39.4. The Labute approximate surface area is 284 Å². The SMILES string of the molecule is COc1cc(CNC(=O)CCCC/C=C/C(C)C)ccc1OCc1ccc(NC(=O)CCCCC(=C=O)NN(C(=O)O)C(C)(C)C)cc1. The lowest BCUT2D eigenvalue weighted by Crippen LogP contribution is -2.53. The second kappa shape index (κ2) is 20.5. The van der Waals surface area contributed by atoms with E-state index < -0.39 is 11.6 Å². The monoisotopic (exact) mass is 664 g/mol. The number of carbonyl (C=O) groups is 3. The lowest BCUT2D eigenvalue weighted by Gasteiger charge is -2.33. The maximum Gasteiger partial charge on any atom is 0.426 e. The number of nitrogens with one attached hydrogen (secondary N) is 3. The molecule has 0 aliphatic rings. The molecule has 0 unspecified atom stereocenters. The number of carbonyl (C=O) groups excluding carboxylic acids is 3. The second-order valence-electron chi connectivity index (χ2n) is 12.9. The first-order chi connectivity index (χ1) is 22.8. The first-order valence-electron chi connectivity index (χ1n) is 16.5. The van der Waals surface area contributed by atoms with Crippen LogP contribution in [0, 0.1) is 5.92 Å². The van der Waals surface area contributed by atoms with Crippen molar-refractivity contribution in [2.45, 2.75) is 105 Å². The summed E-state index contributed by atoms with van der Waals surface area (Å²) in [6.07, 6.45) is 8.04. The first-order valence-corrected chi connectivity index (χ1v) is 16.5. The van der Waals surface area contributed by atoms with E-state index in [1.54, 1.807) is 46.0 Å². The largest absolute Gasteiger partial charge is 0.493 e. The normalized spacial score (nSPS) is 11.1. The molecule has 2 aromatic rings. The fourth-order valence-electron chi connectivity index (χ4n) is 4.57. The Hall–Kier alpha value is -4.76. The minimum atomic E-state index is -1.20. The molecule has 4 N–H and O–H groups in total. The van der Waals surface area contributed by atoms with Crippen LogP contribution in [0.1, 0.15) is 97.1 Å². The fourth-order valence-corrected chi connectivity index (χ4v) is 4.57. The highest BCUT2D eigenvalue weighted by Crippen LogP contribution is 2.29. The fraction of sp³-hybridized carbons (Fsp3) is 0.486. The van der Waals surface area contributed by atoms with Crippen LogP contribution in [0.5, 0.6) is 11.5 Å². The van der Waals surface area contributed by atoms with E-state index in [1.165, 1.54) is 0 Å². The van der Waals surface area contributed by atoms with Crippen molar-refractivity contribution in [2.24, 2.45) is 5.92 Å². The number of rotatable bonds is 20. The molecule has 0 saturated carbocycles. The third-order valence-corrected chi connectivity index (χ3v) is 7.21. The second-order valence-corrected chi connectivity index (χ2v) is 12.9. The van der Waals surface area contributed by atoms with Crippen molar-refractivity contribution in [3.05, 3.63) is 71.4 Å². The van der Waals surface area contributed by atoms with Gasteiger partial charge in [-0.15, -0.1) is 0 Å². The molecule has 0 saturated heterocycles. The number of amides is 3. The molecule has 3 amide bonds. The molecule has 0 spiro atoms. The molecule has 11 heteroatoms. The van der Waals surface area contributed by atoms with Crippen LogP contribution in [0.3, 0.4) is 0 Å². The highest BCUT2D eigenvalue weighted by Gasteiger charge is 2.27. The van der Waals surface area contributed by atoms with Crippen molar-refractivity contribution in [3.63, 3.8) is 0 Å². The van der Waals surface area contributed by atoms with Gasteiger partial charge in [0.2, 0.25) is 11.8 Å². The van der Waals surface area contributed by atoms with Gasteiger partial charge >= 0.3 is 6.09 Å². The summed E-state index contributed by atoms with van der Waals surface area (Å²) in [4.78, 5) is 47.5. The molecule has 0 aliphatic heterocycles. The average Bonchev–Trinajstić information content (AvgIpc) is 3.03. The molecule has 0 fully saturated rings. The molecule has 2 rings (SSSR count). The van der Waals surface area contributed by atoms with Gasteiger partial charge in [0, 0.05) is 25.1 Å². The Kier molecular flexibility index (Phi) is 16.8. The molecule has 48 heavy (non-hydrogen) atoms. The molecule has 0 aromatic heterocycles. The third kappa shape index (κ3) is 15.2. The summed E-state index contributed by atoms with van der Waals surface area (Å²) in [5.41, 5.74) is 4.45. The molecule has 11 nitrogen and oxygen atoms in total. The van der Waals surface area contributed by atoms with Gasteiger partial charge in [0.25, 0.3) is 0 Å². The van der Waals surface area contributed by atoms with Crippen LogP contribution in [0.15, 0.2) is 60.3 Å². The van der Waals surface area contributed by atoms with Gasteiger partial charge in [0.1, 0.15) is 18.2 Å². The Morgan fingerprint density at radius 1 is 0.917 bits per heavy atom. The Balaban J connectivity index is 1.75. The Morgan fingerprint density at radius 3 is 2.19 bits per heavy atom. The van der Waals surface area contributed by atoms with Gasteiger partial charge in [-0.2, -0.15) is 0 Å². The van der Waals surface area contributed by atoms with E-state index in [4.69, 9.17) is 9.47 Å². The molecule has 2 aromatic carbocycles. The van der Waals surface area contributed by atoms with Crippen LogP contribution in [-0.4, -0.2) is 46.6 Å². The Morgan fingerprint density at radius 2 is 1.56 bits per heavy atom. The minimum absolute atomic E-state index is 0.0303. The number of anilines is 1. The lowest BCUT2D eigenvalue weighted by atomic mass is 10.1. The van der Waals surface area contributed by atoms with Crippen molar-refractivity contribution in [1.82, 2.24) is 15.8 Å². The van der Waals surface area contributed by atoms with E-state index in [-0.39, 0.29) is 30.4 Å². The maximum absolute atomic E-state index is 12.4. The summed E-state index contributed by atoms with van der Waals surface area (Å²) < 4.78 is 11.5. The number of methoxy groups -OCH3 is 1. The summed E-state index contributed by atoms with van der Waals surface area (Å²) in [7, 11) is 1.57. The number of unbranched alkanes of at least 4 members (excludes halogenated alkanes) is 3. The standard InChI is InChI=1S/C37H52N4O7/c1-27(2)13-9-7-8-10-15-34(43)38-24-29-19-22-32(33(23-29)47-6)48-26-28-17-20-30(21-18-28)39-35(44)16-12-11-14-31(25-42)40-41(36(45)46)37(3,4)5/h9,13,17-23,27,40H,7-8,10-12,14-16,24,26H2,1-6H3,(H,38,43)(H,39,44)(H,45,46)/b13-9+. The van der Waals surface area contributed by atoms with Crippen LogP contribution in [0.2, 0.25) is 0 Å². The van der Waals surface area contributed by atoms with Crippen molar-refractivity contribution < 1.29 is 33.8 Å². The molecule has 0 heterocycles. The number of allylic oxidation sites excluding steroid dienone is 3. The Bertz CT molecular complexity index is 1410. The lowest BCUT2D eigenvalue weighted by molar-refractivity contribution is -0.121. The highest BCUT2D eigenvalue weighted by molar-refractivity contribution is 5.90. The van der Waals surface area contributed by atoms with Crippen LogP contribution in [-0.2, 0) is 27.5 Å². The van der Waals surface area contributed by atoms with Crippen molar-refractivity contribution in [3.8, 4) is 11.5 Å². The van der Waals surface area contributed by atoms with Gasteiger partial charge in [-0.05, 0) is 101 Å². The number of hydrogen-bond donors (Lipinski definition) is 4. The molecule has 262 valence electrons. The number of carboxylic acid groups (broad SMARTS) is 1. The molecule has 0 bridgehead atoms. The molecule has 0 aliphatic carbocycles. The summed E-state index contributed by atoms with van der Waals surface area (Å²) in [6.45, 7) is 10.1. The smallest absolute Gasteiger partial charge is 0.426 e. The molecular formula is C37H52N4O7. The predicted octanol–water partition coefficient (Wildman–Crippen LogP) is 7.16. The topological polar surface area (TPSA) is 146 Å². The minimum Gasteiger partial charge on any atom is -0.493 e. The maximum atomic E-state index is 12.4. The zero-order chi connectivity index (χ0) is 35.5. The van der Waals surface area contributed by atoms with E-state index in [0.29, 0.717) is 55.5 Å². The molecular weight excluding hydrogens is 612 g/mol. The van der Waals surface area contributed by atoms with E-state index in [2.05, 4.69) is 42.1 Å². The van der Waals surface area contributed by atoms with Gasteiger partial charge in [0.15, 0.2) is 11.5 Å². The molecule has 0 radical (unpaired) electrons. The van der Waals surface area contributed by atoms with E-state index in [0.717, 1.165) is 35.4 Å². The molecule has 0 atom stereocenters. The van der Waals surface area contributed by atoms with Gasteiger partial charge < -0.3 is 25.2 Å². The van der Waals surface area contributed by atoms with Crippen molar-refractivity contribution >= 4 is 29.5 Å². The van der Waals surface area contributed by atoms with Crippen LogP contribution in [0.25, 0.3) is 0 Å². The quantitative estimate of drug-likeness (QED) is 0.0505. The van der Waals surface area contributed by atoms with Crippen molar-refractivity contribution in [1.29, 1.82) is 0 Å². The number of hydrazine groups is 1. The summed E-state index contributed by atoms with van der Waals surface area (Å²) >= 11 is 0.